The third kappa shape index (κ3) is 8.47. The molecule has 1 amide bonds. The first-order chi connectivity index (χ1) is 22.8. The van der Waals surface area contributed by atoms with Crippen molar-refractivity contribution >= 4 is 49.2 Å². The number of carbonyl (C=O) groups is 1. The minimum absolute atomic E-state index is 0.0104. The molecule has 0 bridgehead atoms. The first-order valence-corrected chi connectivity index (χ1v) is 17.9. The summed E-state index contributed by atoms with van der Waals surface area (Å²) in [4.78, 5) is 14.9. The van der Waals surface area contributed by atoms with Crippen LogP contribution in [0.15, 0.2) is 94.7 Å². The van der Waals surface area contributed by atoms with Crippen LogP contribution in [0.4, 0.5) is 17.1 Å². The Morgan fingerprint density at radius 1 is 0.792 bits per heavy atom. The minimum atomic E-state index is -4.14. The lowest BCUT2D eigenvalue weighted by molar-refractivity contribution is -0.111. The molecule has 4 aromatic rings. The molecule has 0 saturated heterocycles. The van der Waals surface area contributed by atoms with Crippen LogP contribution in [-0.2, 0) is 24.9 Å². The SMILES string of the molecule is CCN(CC)c1ccc(NC(=O)/C=C/c2ccc(OS(=O)(=O)c3cc(C)ccc3C)c(OC)c2)cc1S(=O)(=O)Nc1ccccc1OC. The zero-order valence-electron chi connectivity index (χ0n) is 27.6. The number of carbonyl (C=O) groups excluding carboxylic acids is 1. The molecule has 13 heteroatoms. The summed E-state index contributed by atoms with van der Waals surface area (Å²) in [5, 5.41) is 2.72. The van der Waals surface area contributed by atoms with Gasteiger partial charge >= 0.3 is 10.1 Å². The summed E-state index contributed by atoms with van der Waals surface area (Å²) in [5.74, 6) is -0.0256. The van der Waals surface area contributed by atoms with Gasteiger partial charge in [0.25, 0.3) is 10.0 Å². The number of ether oxygens (including phenoxy) is 2. The topological polar surface area (TPSA) is 140 Å². The quantitative estimate of drug-likeness (QED) is 0.114. The summed E-state index contributed by atoms with van der Waals surface area (Å²) in [7, 11) is -5.42. The van der Waals surface area contributed by atoms with Gasteiger partial charge in [-0.05, 0) is 99.0 Å². The van der Waals surface area contributed by atoms with Crippen LogP contribution in [0.3, 0.4) is 0 Å². The maximum atomic E-state index is 13.7. The molecule has 0 aliphatic rings. The first kappa shape index (κ1) is 35.8. The van der Waals surface area contributed by atoms with E-state index in [4.69, 9.17) is 13.7 Å². The van der Waals surface area contributed by atoms with E-state index in [1.165, 1.54) is 44.6 Å². The lowest BCUT2D eigenvalue weighted by atomic mass is 10.2. The number of benzene rings is 4. The zero-order chi connectivity index (χ0) is 35.1. The minimum Gasteiger partial charge on any atom is -0.495 e. The fourth-order valence-corrected chi connectivity index (χ4v) is 7.49. The molecule has 48 heavy (non-hydrogen) atoms. The van der Waals surface area contributed by atoms with Gasteiger partial charge in [0, 0.05) is 24.9 Å². The van der Waals surface area contributed by atoms with Crippen molar-refractivity contribution in [2.24, 2.45) is 0 Å². The largest absolute Gasteiger partial charge is 0.495 e. The van der Waals surface area contributed by atoms with Crippen molar-refractivity contribution in [2.75, 3.05) is 42.2 Å². The van der Waals surface area contributed by atoms with Gasteiger partial charge in [0.1, 0.15) is 15.5 Å². The van der Waals surface area contributed by atoms with Gasteiger partial charge in [-0.2, -0.15) is 8.42 Å². The second kappa shape index (κ2) is 15.3. The van der Waals surface area contributed by atoms with Crippen LogP contribution in [0, 0.1) is 13.8 Å². The maximum Gasteiger partial charge on any atom is 0.339 e. The summed E-state index contributed by atoms with van der Waals surface area (Å²) in [6.45, 7) is 8.44. The number of sulfonamides is 1. The van der Waals surface area contributed by atoms with Crippen molar-refractivity contribution in [3.63, 3.8) is 0 Å². The fourth-order valence-electron chi connectivity index (χ4n) is 4.91. The normalized spacial score (nSPS) is 11.6. The van der Waals surface area contributed by atoms with Crippen LogP contribution in [0.25, 0.3) is 6.08 Å². The van der Waals surface area contributed by atoms with Crippen molar-refractivity contribution in [1.29, 1.82) is 0 Å². The Morgan fingerprint density at radius 2 is 1.50 bits per heavy atom. The molecule has 0 unspecified atom stereocenters. The van der Waals surface area contributed by atoms with Gasteiger partial charge in [-0.25, -0.2) is 8.42 Å². The van der Waals surface area contributed by atoms with Gasteiger partial charge in [-0.1, -0.05) is 30.3 Å². The van der Waals surface area contributed by atoms with Gasteiger partial charge < -0.3 is 23.9 Å². The number of amides is 1. The maximum absolute atomic E-state index is 13.7. The van der Waals surface area contributed by atoms with Crippen molar-refractivity contribution in [1.82, 2.24) is 0 Å². The summed E-state index contributed by atoms with van der Waals surface area (Å²) in [6, 6.07) is 21.0. The van der Waals surface area contributed by atoms with Crippen molar-refractivity contribution < 1.29 is 35.3 Å². The average molecular weight is 694 g/mol. The Labute approximate surface area is 282 Å². The molecular weight excluding hydrogens is 655 g/mol. The van der Waals surface area contributed by atoms with E-state index >= 15 is 0 Å². The average Bonchev–Trinajstić information content (AvgIpc) is 3.06. The molecule has 11 nitrogen and oxygen atoms in total. The Hall–Kier alpha value is -5.01. The Balaban J connectivity index is 1.56. The van der Waals surface area contributed by atoms with E-state index in [2.05, 4.69) is 10.0 Å². The van der Waals surface area contributed by atoms with Crippen LogP contribution >= 0.6 is 0 Å². The predicted molar refractivity (Wildman–Crippen MR) is 188 cm³/mol. The molecule has 0 radical (unpaired) electrons. The summed E-state index contributed by atoms with van der Waals surface area (Å²) in [6.07, 6.45) is 2.77. The highest BCUT2D eigenvalue weighted by Gasteiger charge is 2.24. The third-order valence-corrected chi connectivity index (χ3v) is 10.2. The molecule has 4 aromatic carbocycles. The molecule has 0 saturated carbocycles. The number of nitrogens with one attached hydrogen (secondary N) is 2. The highest BCUT2D eigenvalue weighted by atomic mass is 32.2. The van der Waals surface area contributed by atoms with Crippen molar-refractivity contribution in [3.05, 3.63) is 102 Å². The monoisotopic (exact) mass is 693 g/mol. The number of nitrogens with zero attached hydrogens (tertiary/aromatic N) is 1. The number of hydrogen-bond acceptors (Lipinski definition) is 9. The van der Waals surface area contributed by atoms with Crippen LogP contribution in [-0.4, -0.2) is 50.1 Å². The summed E-state index contributed by atoms with van der Waals surface area (Å²) in [5.41, 5.74) is 2.86. The number of aryl methyl sites for hydroxylation is 2. The van der Waals surface area contributed by atoms with E-state index in [9.17, 15) is 21.6 Å². The molecule has 254 valence electrons. The van der Waals surface area contributed by atoms with Crippen molar-refractivity contribution in [2.45, 2.75) is 37.5 Å². The zero-order valence-corrected chi connectivity index (χ0v) is 29.2. The first-order valence-electron chi connectivity index (χ1n) is 15.1. The lowest BCUT2D eigenvalue weighted by Gasteiger charge is -2.25. The molecule has 4 rings (SSSR count). The van der Waals surface area contributed by atoms with Crippen LogP contribution < -0.4 is 28.6 Å². The Bertz CT molecular complexity index is 2040. The van der Waals surface area contributed by atoms with Gasteiger partial charge in [0.15, 0.2) is 11.5 Å². The summed E-state index contributed by atoms with van der Waals surface area (Å²) < 4.78 is 72.1. The molecule has 0 heterocycles. The van der Waals surface area contributed by atoms with E-state index in [0.29, 0.717) is 35.7 Å². The van der Waals surface area contributed by atoms with Gasteiger partial charge in [-0.15, -0.1) is 0 Å². The van der Waals surface area contributed by atoms with E-state index in [-0.39, 0.29) is 32.7 Å². The Morgan fingerprint density at radius 3 is 2.19 bits per heavy atom. The standard InChI is InChI=1S/C35H39N3O8S2/c1-7-38(8-2)29-18-17-27(23-34(29)47(40,41)37-28-11-9-10-12-30(28)44-5)36-35(39)20-16-26-15-19-31(32(22-26)45-6)46-48(42,43)33-21-24(3)13-14-25(33)4/h9-23,37H,7-8H2,1-6H3,(H,36,39)/b20-16+. The number of methoxy groups -OCH3 is 2. The van der Waals surface area contributed by atoms with E-state index in [0.717, 1.165) is 5.56 Å². The molecule has 2 N–H and O–H groups in total. The molecule has 0 aliphatic heterocycles. The molecule has 0 fully saturated rings. The fraction of sp³-hybridized carbons (Fsp3) is 0.229. The Kier molecular flexibility index (Phi) is 11.4. The highest BCUT2D eigenvalue weighted by Crippen LogP contribution is 2.34. The van der Waals surface area contributed by atoms with E-state index in [1.54, 1.807) is 68.4 Å². The third-order valence-electron chi connectivity index (χ3n) is 7.40. The molecule has 0 spiro atoms. The van der Waals surface area contributed by atoms with E-state index in [1.807, 2.05) is 24.8 Å². The molecule has 0 aromatic heterocycles. The molecule has 0 atom stereocenters. The van der Waals surface area contributed by atoms with Crippen molar-refractivity contribution in [3.8, 4) is 17.2 Å². The van der Waals surface area contributed by atoms with Gasteiger partial charge in [0.05, 0.1) is 25.6 Å². The van der Waals surface area contributed by atoms with Crippen LogP contribution in [0.2, 0.25) is 0 Å². The van der Waals surface area contributed by atoms with Gasteiger partial charge in [0.2, 0.25) is 5.91 Å². The number of rotatable bonds is 14. The second-order valence-electron chi connectivity index (χ2n) is 10.7. The molecule has 0 aliphatic carbocycles. The number of para-hydroxylation sites is 2. The summed E-state index contributed by atoms with van der Waals surface area (Å²) >= 11 is 0. The second-order valence-corrected chi connectivity index (χ2v) is 13.9. The number of anilines is 3. The van der Waals surface area contributed by atoms with E-state index < -0.39 is 26.0 Å². The van der Waals surface area contributed by atoms with Crippen LogP contribution in [0.5, 0.6) is 17.2 Å². The smallest absolute Gasteiger partial charge is 0.339 e. The van der Waals surface area contributed by atoms with Gasteiger partial charge in [-0.3, -0.25) is 9.52 Å². The number of hydrogen-bond donors (Lipinski definition) is 2. The van der Waals surface area contributed by atoms with Crippen LogP contribution in [0.1, 0.15) is 30.5 Å². The highest BCUT2D eigenvalue weighted by molar-refractivity contribution is 7.93. The lowest BCUT2D eigenvalue weighted by Crippen LogP contribution is -2.26. The predicted octanol–water partition coefficient (Wildman–Crippen LogP) is 6.39. The molecular formula is C35H39N3O8S2.